The molecule has 0 amide bonds. The molecule has 0 saturated heterocycles. The third-order valence-electron chi connectivity index (χ3n) is 3.77. The highest BCUT2D eigenvalue weighted by Crippen LogP contribution is 2.34. The quantitative estimate of drug-likeness (QED) is 0.693. The molecule has 3 heteroatoms. The highest BCUT2D eigenvalue weighted by molar-refractivity contribution is 5.46. The maximum Gasteiger partial charge on any atom is 0.161 e. The highest BCUT2D eigenvalue weighted by atomic mass is 16.5. The van der Waals surface area contributed by atoms with Crippen molar-refractivity contribution < 1.29 is 14.2 Å². The fourth-order valence-electron chi connectivity index (χ4n) is 2.26. The zero-order valence-electron chi connectivity index (χ0n) is 14.2. The van der Waals surface area contributed by atoms with Crippen LogP contribution in [0.5, 0.6) is 11.5 Å². The standard InChI is InChI=1S/C20H24O3/c1-20(2,12-13-21-3)17-10-11-18(22-4)19(14-17)23-15-16-8-6-5-7-9-16/h5-14H,15H2,1-4H3/b13-12+. The number of methoxy groups -OCH3 is 2. The molecule has 0 aliphatic rings. The molecule has 0 bridgehead atoms. The molecule has 0 aliphatic heterocycles. The van der Waals surface area contributed by atoms with E-state index in [1.165, 1.54) is 0 Å². The lowest BCUT2D eigenvalue weighted by atomic mass is 9.84. The maximum atomic E-state index is 5.97. The fraction of sp³-hybridized carbons (Fsp3) is 0.300. The van der Waals surface area contributed by atoms with E-state index in [0.29, 0.717) is 6.61 Å². The van der Waals surface area contributed by atoms with Gasteiger partial charge in [-0.3, -0.25) is 0 Å². The van der Waals surface area contributed by atoms with Crippen molar-refractivity contribution in [1.82, 2.24) is 0 Å². The van der Waals surface area contributed by atoms with Crippen LogP contribution in [0.4, 0.5) is 0 Å². The van der Waals surface area contributed by atoms with Gasteiger partial charge < -0.3 is 14.2 Å². The molecule has 2 aromatic rings. The van der Waals surface area contributed by atoms with Gasteiger partial charge >= 0.3 is 0 Å². The number of allylic oxidation sites excluding steroid dienone is 1. The van der Waals surface area contributed by atoms with Gasteiger partial charge in [-0.15, -0.1) is 0 Å². The Hall–Kier alpha value is -2.42. The zero-order chi connectivity index (χ0) is 16.7. The lowest BCUT2D eigenvalue weighted by Crippen LogP contribution is -2.14. The summed E-state index contributed by atoms with van der Waals surface area (Å²) in [5.74, 6) is 1.48. The molecule has 0 aliphatic carbocycles. The van der Waals surface area contributed by atoms with E-state index in [-0.39, 0.29) is 5.41 Å². The number of hydrogen-bond donors (Lipinski definition) is 0. The van der Waals surface area contributed by atoms with Crippen LogP contribution >= 0.6 is 0 Å². The van der Waals surface area contributed by atoms with Crippen molar-refractivity contribution in [3.8, 4) is 11.5 Å². The van der Waals surface area contributed by atoms with Crippen molar-refractivity contribution in [2.45, 2.75) is 25.9 Å². The molecule has 3 nitrogen and oxygen atoms in total. The minimum absolute atomic E-state index is 0.160. The van der Waals surface area contributed by atoms with Crippen LogP contribution in [0.2, 0.25) is 0 Å². The van der Waals surface area contributed by atoms with E-state index < -0.39 is 0 Å². The van der Waals surface area contributed by atoms with Crippen molar-refractivity contribution in [3.63, 3.8) is 0 Å². The van der Waals surface area contributed by atoms with Crippen molar-refractivity contribution in [3.05, 3.63) is 72.0 Å². The molecule has 2 aromatic carbocycles. The summed E-state index contributed by atoms with van der Waals surface area (Å²) in [6.07, 6.45) is 3.73. The normalized spacial score (nSPS) is 11.5. The van der Waals surface area contributed by atoms with Gasteiger partial charge in [0.2, 0.25) is 0 Å². The fourth-order valence-corrected chi connectivity index (χ4v) is 2.26. The first-order chi connectivity index (χ1) is 11.1. The van der Waals surface area contributed by atoms with Crippen LogP contribution in [0, 0.1) is 0 Å². The van der Waals surface area contributed by atoms with Crippen molar-refractivity contribution >= 4 is 0 Å². The molecule has 0 fully saturated rings. The second-order valence-electron chi connectivity index (χ2n) is 5.90. The monoisotopic (exact) mass is 312 g/mol. The summed E-state index contributed by atoms with van der Waals surface area (Å²) in [6, 6.07) is 16.1. The molecule has 0 unspecified atom stereocenters. The lowest BCUT2D eigenvalue weighted by molar-refractivity contribution is 0.283. The van der Waals surface area contributed by atoms with Crippen molar-refractivity contribution in [2.75, 3.05) is 14.2 Å². The Kier molecular flexibility index (Phi) is 5.69. The predicted octanol–water partition coefficient (Wildman–Crippen LogP) is 4.71. The summed E-state index contributed by atoms with van der Waals surface area (Å²) in [4.78, 5) is 0. The van der Waals surface area contributed by atoms with E-state index >= 15 is 0 Å². The average molecular weight is 312 g/mol. The molecule has 0 atom stereocenters. The van der Waals surface area contributed by atoms with Crippen LogP contribution in [-0.4, -0.2) is 14.2 Å². The first-order valence-corrected chi connectivity index (χ1v) is 7.62. The zero-order valence-corrected chi connectivity index (χ0v) is 14.2. The smallest absolute Gasteiger partial charge is 0.161 e. The van der Waals surface area contributed by atoms with E-state index in [1.807, 2.05) is 54.6 Å². The summed E-state index contributed by atoms with van der Waals surface area (Å²) in [6.45, 7) is 4.77. The van der Waals surface area contributed by atoms with E-state index in [4.69, 9.17) is 14.2 Å². The molecule has 0 heterocycles. The predicted molar refractivity (Wildman–Crippen MR) is 92.9 cm³/mol. The summed E-state index contributed by atoms with van der Waals surface area (Å²) in [5, 5.41) is 0. The average Bonchev–Trinajstić information content (AvgIpc) is 2.58. The number of rotatable bonds is 7. The van der Waals surface area contributed by atoms with Crippen molar-refractivity contribution in [2.24, 2.45) is 0 Å². The molecule has 23 heavy (non-hydrogen) atoms. The number of ether oxygens (including phenoxy) is 3. The van der Waals surface area contributed by atoms with Gasteiger partial charge in [0.1, 0.15) is 6.61 Å². The Morgan fingerprint density at radius 2 is 1.70 bits per heavy atom. The summed E-state index contributed by atoms with van der Waals surface area (Å²) in [5.41, 5.74) is 2.10. The van der Waals surface area contributed by atoms with Gasteiger partial charge in [-0.2, -0.15) is 0 Å². The molecule has 0 N–H and O–H groups in total. The molecule has 122 valence electrons. The van der Waals surface area contributed by atoms with Crippen molar-refractivity contribution in [1.29, 1.82) is 0 Å². The molecule has 0 saturated carbocycles. The van der Waals surface area contributed by atoms with Crippen LogP contribution in [0.25, 0.3) is 0 Å². The van der Waals surface area contributed by atoms with E-state index in [2.05, 4.69) is 13.8 Å². The molecule has 0 radical (unpaired) electrons. The third kappa shape index (κ3) is 4.52. The van der Waals surface area contributed by atoms with Gasteiger partial charge in [0, 0.05) is 5.41 Å². The topological polar surface area (TPSA) is 27.7 Å². The Morgan fingerprint density at radius 1 is 0.957 bits per heavy atom. The Bertz CT molecular complexity index is 645. The maximum absolute atomic E-state index is 5.97. The van der Waals surface area contributed by atoms with Crippen LogP contribution in [0.15, 0.2) is 60.9 Å². The molecular weight excluding hydrogens is 288 g/mol. The van der Waals surface area contributed by atoms with Gasteiger partial charge in [-0.05, 0) is 29.3 Å². The van der Waals surface area contributed by atoms with Gasteiger partial charge in [-0.1, -0.05) is 50.2 Å². The molecule has 2 rings (SSSR count). The number of benzene rings is 2. The van der Waals surface area contributed by atoms with Crippen LogP contribution in [0.1, 0.15) is 25.0 Å². The van der Waals surface area contributed by atoms with Gasteiger partial charge in [-0.25, -0.2) is 0 Å². The van der Waals surface area contributed by atoms with Gasteiger partial charge in [0.25, 0.3) is 0 Å². The SMILES string of the molecule is CO/C=C/C(C)(C)c1ccc(OC)c(OCc2ccccc2)c1. The molecule has 0 spiro atoms. The Balaban J connectivity index is 2.23. The highest BCUT2D eigenvalue weighted by Gasteiger charge is 2.19. The second-order valence-corrected chi connectivity index (χ2v) is 5.90. The number of hydrogen-bond acceptors (Lipinski definition) is 3. The first-order valence-electron chi connectivity index (χ1n) is 7.62. The summed E-state index contributed by atoms with van der Waals surface area (Å²) >= 11 is 0. The van der Waals surface area contributed by atoms with E-state index in [1.54, 1.807) is 20.5 Å². The van der Waals surface area contributed by atoms with Gasteiger partial charge in [0.05, 0.1) is 20.5 Å². The third-order valence-corrected chi connectivity index (χ3v) is 3.77. The van der Waals surface area contributed by atoms with Crippen LogP contribution in [-0.2, 0) is 16.8 Å². The largest absolute Gasteiger partial charge is 0.505 e. The lowest BCUT2D eigenvalue weighted by Gasteiger charge is -2.22. The van der Waals surface area contributed by atoms with Crippen LogP contribution in [0.3, 0.4) is 0 Å². The van der Waals surface area contributed by atoms with E-state index in [0.717, 1.165) is 22.6 Å². The van der Waals surface area contributed by atoms with E-state index in [9.17, 15) is 0 Å². The Morgan fingerprint density at radius 3 is 2.35 bits per heavy atom. The summed E-state index contributed by atoms with van der Waals surface area (Å²) < 4.78 is 16.4. The minimum Gasteiger partial charge on any atom is -0.505 e. The first kappa shape index (κ1) is 16.9. The molecule has 0 aromatic heterocycles. The minimum atomic E-state index is -0.160. The summed E-state index contributed by atoms with van der Waals surface area (Å²) in [7, 11) is 3.30. The Labute approximate surface area is 138 Å². The van der Waals surface area contributed by atoms with Gasteiger partial charge in [0.15, 0.2) is 11.5 Å². The second kappa shape index (κ2) is 7.73. The molecular formula is C20H24O3. The van der Waals surface area contributed by atoms with Crippen LogP contribution < -0.4 is 9.47 Å².